The largest absolute Gasteiger partial charge is 0.345 e. The van der Waals surface area contributed by atoms with Gasteiger partial charge in [0.2, 0.25) is 5.91 Å². The number of aromatic nitrogens is 1. The quantitative estimate of drug-likeness (QED) is 0.420. The zero-order valence-electron chi connectivity index (χ0n) is 15.9. The molecule has 1 amide bonds. The summed E-state index contributed by atoms with van der Waals surface area (Å²) in [5.41, 5.74) is 3.01. The van der Waals surface area contributed by atoms with Crippen LogP contribution < -0.4 is 0 Å². The van der Waals surface area contributed by atoms with Crippen LogP contribution in [0.2, 0.25) is 5.02 Å². The average Bonchev–Trinajstić information content (AvgIpc) is 3.14. The van der Waals surface area contributed by atoms with Crippen molar-refractivity contribution in [2.24, 2.45) is 0 Å². The highest BCUT2D eigenvalue weighted by Crippen LogP contribution is 2.24. The zero-order chi connectivity index (χ0) is 19.9. The molecule has 146 valence electrons. The van der Waals surface area contributed by atoms with Gasteiger partial charge in [0.05, 0.1) is 6.54 Å². The van der Waals surface area contributed by atoms with Crippen LogP contribution in [0.1, 0.15) is 35.5 Å². The smallest absolute Gasteiger partial charge is 0.245 e. The molecule has 1 heterocycles. The molecule has 28 heavy (non-hydrogen) atoms. The highest BCUT2D eigenvalue weighted by atomic mass is 35.5. The van der Waals surface area contributed by atoms with Crippen LogP contribution in [0.25, 0.3) is 0 Å². The summed E-state index contributed by atoms with van der Waals surface area (Å²) in [5, 5.41) is 0.0472. The van der Waals surface area contributed by atoms with Crippen molar-refractivity contribution in [1.29, 1.82) is 0 Å². The molecule has 3 aromatic rings. The van der Waals surface area contributed by atoms with Gasteiger partial charge >= 0.3 is 0 Å². The summed E-state index contributed by atoms with van der Waals surface area (Å²) in [5.74, 6) is -0.0646. The Morgan fingerprint density at radius 1 is 1.07 bits per heavy atom. The minimum absolute atomic E-state index is 0.0646. The van der Waals surface area contributed by atoms with Crippen LogP contribution in [0.3, 0.4) is 0 Å². The van der Waals surface area contributed by atoms with Gasteiger partial charge < -0.3 is 9.47 Å². The third-order valence-electron chi connectivity index (χ3n) is 4.63. The molecule has 0 radical (unpaired) electrons. The molecule has 0 bridgehead atoms. The van der Waals surface area contributed by atoms with Gasteiger partial charge in [-0.25, -0.2) is 0 Å². The third-order valence-corrected chi connectivity index (χ3v) is 5.31. The Balaban J connectivity index is 1.76. The van der Waals surface area contributed by atoms with Crippen molar-refractivity contribution in [3.63, 3.8) is 0 Å². The van der Waals surface area contributed by atoms with Crippen molar-refractivity contribution < 1.29 is 4.79 Å². The minimum Gasteiger partial charge on any atom is -0.345 e. The van der Waals surface area contributed by atoms with E-state index in [1.807, 2.05) is 71.8 Å². The highest BCUT2D eigenvalue weighted by Gasteiger charge is 2.24. The summed E-state index contributed by atoms with van der Waals surface area (Å²) < 4.78 is 2.15. The molecule has 1 aromatic heterocycles. The molecule has 0 aliphatic rings. The second-order valence-electron chi connectivity index (χ2n) is 6.79. The van der Waals surface area contributed by atoms with E-state index in [-0.39, 0.29) is 5.91 Å². The molecule has 0 fully saturated rings. The van der Waals surface area contributed by atoms with E-state index in [1.165, 1.54) is 0 Å². The molecular formula is C23H24Cl2N2O. The van der Waals surface area contributed by atoms with Gasteiger partial charge in [-0.3, -0.25) is 4.79 Å². The predicted octanol–water partition coefficient (Wildman–Crippen LogP) is 5.91. The van der Waals surface area contributed by atoms with Crippen molar-refractivity contribution in [3.8, 4) is 0 Å². The van der Waals surface area contributed by atoms with Gasteiger partial charge in [-0.1, -0.05) is 61.0 Å². The number of halogens is 2. The number of nitrogens with zero attached hydrogens (tertiary/aromatic N) is 2. The molecule has 0 saturated carbocycles. The van der Waals surface area contributed by atoms with E-state index >= 15 is 0 Å². The molecule has 0 aliphatic carbocycles. The lowest BCUT2D eigenvalue weighted by Gasteiger charge is -2.25. The summed E-state index contributed by atoms with van der Waals surface area (Å²) in [6.45, 7) is 3.96. The van der Waals surface area contributed by atoms with Crippen LogP contribution in [-0.2, 0) is 17.9 Å². The molecule has 3 rings (SSSR count). The second kappa shape index (κ2) is 9.81. The van der Waals surface area contributed by atoms with Gasteiger partial charge in [-0.2, -0.15) is 0 Å². The number of carbonyl (C=O) groups excluding carboxylic acids is 1. The van der Waals surface area contributed by atoms with Crippen LogP contribution in [0.5, 0.6) is 0 Å². The van der Waals surface area contributed by atoms with Crippen molar-refractivity contribution in [1.82, 2.24) is 9.47 Å². The third kappa shape index (κ3) is 5.18. The first kappa shape index (κ1) is 20.5. The normalized spacial score (nSPS) is 12.0. The first-order chi connectivity index (χ1) is 13.6. The summed E-state index contributed by atoms with van der Waals surface area (Å²) in [4.78, 5) is 14.9. The lowest BCUT2D eigenvalue weighted by Crippen LogP contribution is -2.34. The number of benzene rings is 2. The standard InChI is InChI=1S/C23H24Cl2N2O/c1-2-13-27(23(28)22(25)19-9-4-3-5-10-19)17-21-12-7-14-26(21)16-18-8-6-11-20(24)15-18/h3-12,14-15,22H,2,13,16-17H2,1H3. The summed E-state index contributed by atoms with van der Waals surface area (Å²) in [6.07, 6.45) is 2.90. The molecule has 5 heteroatoms. The monoisotopic (exact) mass is 414 g/mol. The molecule has 0 aliphatic heterocycles. The molecular weight excluding hydrogens is 391 g/mol. The first-order valence-electron chi connectivity index (χ1n) is 9.44. The van der Waals surface area contributed by atoms with Gasteiger partial charge in [0.1, 0.15) is 5.38 Å². The molecule has 0 spiro atoms. The summed E-state index contributed by atoms with van der Waals surface area (Å²) in [7, 11) is 0. The van der Waals surface area contributed by atoms with E-state index in [9.17, 15) is 4.79 Å². The Morgan fingerprint density at radius 3 is 2.57 bits per heavy atom. The number of rotatable bonds is 8. The number of carbonyl (C=O) groups is 1. The fourth-order valence-electron chi connectivity index (χ4n) is 3.24. The van der Waals surface area contributed by atoms with Gasteiger partial charge in [0, 0.05) is 30.0 Å². The van der Waals surface area contributed by atoms with Crippen LogP contribution in [0.15, 0.2) is 72.9 Å². The molecule has 2 aromatic carbocycles. The van der Waals surface area contributed by atoms with Crippen molar-refractivity contribution in [2.75, 3.05) is 6.54 Å². The van der Waals surface area contributed by atoms with E-state index in [0.717, 1.165) is 28.3 Å². The SMILES string of the molecule is CCCN(Cc1cccn1Cc1cccc(Cl)c1)C(=O)C(Cl)c1ccccc1. The lowest BCUT2D eigenvalue weighted by atomic mass is 10.1. The van der Waals surface area contributed by atoms with Crippen LogP contribution in [-0.4, -0.2) is 21.9 Å². The topological polar surface area (TPSA) is 25.2 Å². The van der Waals surface area contributed by atoms with Gasteiger partial charge in [-0.05, 0) is 41.8 Å². The second-order valence-corrected chi connectivity index (χ2v) is 7.66. The molecule has 0 saturated heterocycles. The number of hydrogen-bond acceptors (Lipinski definition) is 1. The van der Waals surface area contributed by atoms with E-state index in [2.05, 4.69) is 17.6 Å². The molecule has 1 unspecified atom stereocenters. The van der Waals surface area contributed by atoms with Crippen molar-refractivity contribution in [2.45, 2.75) is 31.8 Å². The Morgan fingerprint density at radius 2 is 1.86 bits per heavy atom. The summed E-state index contributed by atoms with van der Waals surface area (Å²) in [6, 6.07) is 21.4. The molecule has 0 N–H and O–H groups in total. The maximum absolute atomic E-state index is 13.0. The van der Waals surface area contributed by atoms with Crippen molar-refractivity contribution in [3.05, 3.63) is 94.8 Å². The number of alkyl halides is 1. The first-order valence-corrected chi connectivity index (χ1v) is 10.3. The lowest BCUT2D eigenvalue weighted by molar-refractivity contribution is -0.131. The Labute approximate surface area is 176 Å². The van der Waals surface area contributed by atoms with Gasteiger partial charge in [0.15, 0.2) is 0 Å². The molecule has 1 atom stereocenters. The average molecular weight is 415 g/mol. The summed E-state index contributed by atoms with van der Waals surface area (Å²) >= 11 is 12.6. The maximum Gasteiger partial charge on any atom is 0.245 e. The Hall–Kier alpha value is -2.23. The van der Waals surface area contributed by atoms with Crippen LogP contribution in [0, 0.1) is 0 Å². The predicted molar refractivity (Wildman–Crippen MR) is 116 cm³/mol. The van der Waals surface area contributed by atoms with Crippen molar-refractivity contribution >= 4 is 29.1 Å². The number of hydrogen-bond donors (Lipinski definition) is 0. The highest BCUT2D eigenvalue weighted by molar-refractivity contribution is 6.31. The van der Waals surface area contributed by atoms with Crippen LogP contribution >= 0.6 is 23.2 Å². The number of amides is 1. The van der Waals surface area contributed by atoms with Gasteiger partial charge in [0.25, 0.3) is 0 Å². The van der Waals surface area contributed by atoms with E-state index < -0.39 is 5.38 Å². The maximum atomic E-state index is 13.0. The minimum atomic E-state index is -0.677. The molecule has 3 nitrogen and oxygen atoms in total. The van der Waals surface area contributed by atoms with Crippen LogP contribution in [0.4, 0.5) is 0 Å². The Bertz CT molecular complexity index is 908. The van der Waals surface area contributed by atoms with E-state index in [4.69, 9.17) is 23.2 Å². The fourth-order valence-corrected chi connectivity index (χ4v) is 3.73. The zero-order valence-corrected chi connectivity index (χ0v) is 17.4. The van der Waals surface area contributed by atoms with Gasteiger partial charge in [-0.15, -0.1) is 11.6 Å². The Kier molecular flexibility index (Phi) is 7.18. The van der Waals surface area contributed by atoms with E-state index in [1.54, 1.807) is 0 Å². The van der Waals surface area contributed by atoms with E-state index in [0.29, 0.717) is 19.6 Å². The fraction of sp³-hybridized carbons (Fsp3) is 0.261.